The minimum atomic E-state index is -3.46. The maximum absolute atomic E-state index is 8.20. The molecule has 0 fully saturated rings. The summed E-state index contributed by atoms with van der Waals surface area (Å²) in [5.74, 6) is 0. The minimum Gasteiger partial charge on any atom is -0.0881 e. The predicted molar refractivity (Wildman–Crippen MR) is 28.9 cm³/mol. The van der Waals surface area contributed by atoms with Crippen LogP contribution in [0.3, 0.4) is 0 Å². The highest BCUT2D eigenvalue weighted by Crippen LogP contribution is 2.04. The number of rotatable bonds is 0. The van der Waals surface area contributed by atoms with E-state index < -0.39 is 26.1 Å². The minimum absolute atomic E-state index is 2.05. The molecular weight excluding hydrogens is 90.1 g/mol. The van der Waals surface area contributed by atoms with Gasteiger partial charge in [-0.2, -0.15) is 0 Å². The molecule has 3 heteroatoms. The fourth-order valence-electron chi connectivity index (χ4n) is 0.0671. The molecule has 0 atom stereocenters. The van der Waals surface area contributed by atoms with E-state index in [4.69, 9.17) is 17.9 Å². The van der Waals surface area contributed by atoms with Gasteiger partial charge in [0.15, 0.2) is 0 Å². The quantitative estimate of drug-likeness (QED) is 0.259. The van der Waals surface area contributed by atoms with Gasteiger partial charge in [-0.15, -0.1) is 0 Å². The van der Waals surface area contributed by atoms with Crippen molar-refractivity contribution >= 4 is 0 Å². The zero-order valence-electron chi connectivity index (χ0n) is 12.3. The van der Waals surface area contributed by atoms with Crippen molar-refractivity contribution in [2.75, 3.05) is 0 Å². The molecule has 40 valence electrons. The van der Waals surface area contributed by atoms with Crippen molar-refractivity contribution in [3.8, 4) is 0 Å². The summed E-state index contributed by atoms with van der Waals surface area (Å²) < 4.78 is 63.0. The first-order valence-corrected chi connectivity index (χ1v) is 1.37. The number of hydrogen-bond acceptors (Lipinski definition) is 1. The molecule has 0 radical (unpaired) electrons. The number of hydrogen-bond donors (Lipinski definition) is 0. The summed E-state index contributed by atoms with van der Waals surface area (Å²) in [4.78, 5) is 2.05. The largest absolute Gasteiger partial charge is 0.0881 e. The molecule has 0 aromatic carbocycles. The van der Waals surface area contributed by atoms with Crippen LogP contribution < -0.4 is 0 Å². The Morgan fingerprint density at radius 2 is 2.29 bits per heavy atom. The van der Waals surface area contributed by atoms with Crippen LogP contribution in [0.1, 0.15) is 32.9 Å². The summed E-state index contributed by atoms with van der Waals surface area (Å²) in [6, 6.07) is 0. The zero-order chi connectivity index (χ0) is 13.4. The molecule has 0 aromatic rings. The first-order chi connectivity index (χ1) is 6.81. The second kappa shape index (κ2) is 1.85. The average molecular weight is 108 g/mol. The fourth-order valence-corrected chi connectivity index (χ4v) is 0.0671. The lowest BCUT2D eigenvalue weighted by atomic mass is 10.1. The molecule has 0 amide bonds. The average Bonchev–Trinajstić information content (AvgIpc) is 1.91. The van der Waals surface area contributed by atoms with Crippen LogP contribution in [0.2, 0.25) is 0 Å². The Balaban J connectivity index is 6.15. The SMILES string of the molecule is [2H]C([2H])([2H])C(N=[N+]=[N-])(C([2H])([2H])[2H])C([2H])([2H])[2H]. The van der Waals surface area contributed by atoms with Crippen LogP contribution in [0.5, 0.6) is 0 Å². The highest BCUT2D eigenvalue weighted by Gasteiger charge is 2.03. The molecule has 0 heterocycles. The lowest BCUT2D eigenvalue weighted by molar-refractivity contribution is 0.576. The van der Waals surface area contributed by atoms with Gasteiger partial charge in [0.25, 0.3) is 0 Å². The van der Waals surface area contributed by atoms with Gasteiger partial charge in [-0.3, -0.25) is 0 Å². The summed E-state index contributed by atoms with van der Waals surface area (Å²) >= 11 is 0. The van der Waals surface area contributed by atoms with E-state index >= 15 is 0 Å². The molecule has 0 saturated heterocycles. The molecule has 0 aromatic heterocycles. The van der Waals surface area contributed by atoms with Gasteiger partial charge in [-0.05, 0) is 5.53 Å². The smallest absolute Gasteiger partial charge is 0.0403 e. The normalized spacial score (nSPS) is 34.6. The van der Waals surface area contributed by atoms with Gasteiger partial charge in [-0.25, -0.2) is 0 Å². The molecule has 0 spiro atoms. The van der Waals surface area contributed by atoms with Gasteiger partial charge in [-0.1, -0.05) is 25.7 Å². The van der Waals surface area contributed by atoms with Crippen molar-refractivity contribution < 1.29 is 12.3 Å². The fraction of sp³-hybridized carbons (Fsp3) is 1.00. The van der Waals surface area contributed by atoms with Gasteiger partial charge in [0.2, 0.25) is 0 Å². The zero-order valence-corrected chi connectivity index (χ0v) is 3.34. The topological polar surface area (TPSA) is 48.8 Å². The molecule has 0 saturated carbocycles. The van der Waals surface area contributed by atoms with Gasteiger partial charge in [0, 0.05) is 22.8 Å². The van der Waals surface area contributed by atoms with Gasteiger partial charge in [0.1, 0.15) is 0 Å². The molecule has 0 unspecified atom stereocenters. The lowest BCUT2D eigenvalue weighted by Gasteiger charge is -2.05. The van der Waals surface area contributed by atoms with Crippen LogP contribution >= 0.6 is 0 Å². The van der Waals surface area contributed by atoms with E-state index in [1.54, 1.807) is 0 Å². The summed E-state index contributed by atoms with van der Waals surface area (Å²) in [5.41, 5.74) is 4.77. The third-order valence-corrected chi connectivity index (χ3v) is 0.195. The van der Waals surface area contributed by atoms with E-state index in [1.165, 1.54) is 0 Å². The standard InChI is InChI=1S/C4H9N3/c1-4(2,3)6-7-5/h1-3H3/i1D3,2D3,3D3. The van der Waals surface area contributed by atoms with Crippen molar-refractivity contribution in [2.24, 2.45) is 5.11 Å². The van der Waals surface area contributed by atoms with Gasteiger partial charge < -0.3 is 0 Å². The molecule has 0 bridgehead atoms. The molecule has 0 rings (SSSR count). The first-order valence-electron chi connectivity index (χ1n) is 5.87. The number of azide groups is 1. The Bertz CT molecular complexity index is 266. The highest BCUT2D eigenvalue weighted by atomic mass is 15.2. The first kappa shape index (κ1) is 0.869. The van der Waals surface area contributed by atoms with E-state index in [1.807, 2.05) is 0 Å². The summed E-state index contributed by atoms with van der Waals surface area (Å²) in [6.45, 7) is -10.4. The van der Waals surface area contributed by atoms with Gasteiger partial charge in [0.05, 0.1) is 0 Å². The van der Waals surface area contributed by atoms with E-state index in [0.717, 1.165) is 0 Å². The van der Waals surface area contributed by atoms with E-state index in [0.29, 0.717) is 0 Å². The second-order valence-corrected chi connectivity index (χ2v) is 0.900. The Kier molecular flexibility index (Phi) is 0.229. The summed E-state index contributed by atoms with van der Waals surface area (Å²) in [7, 11) is 0. The van der Waals surface area contributed by atoms with E-state index in [9.17, 15) is 0 Å². The van der Waals surface area contributed by atoms with Crippen molar-refractivity contribution in [3.05, 3.63) is 10.4 Å². The Labute approximate surface area is 55.6 Å². The highest BCUT2D eigenvalue weighted by molar-refractivity contribution is 4.69. The molecule has 0 N–H and O–H groups in total. The van der Waals surface area contributed by atoms with Crippen LogP contribution in [0.4, 0.5) is 0 Å². The molecule has 7 heavy (non-hydrogen) atoms. The lowest BCUT2D eigenvalue weighted by Crippen LogP contribution is -2.06. The summed E-state index contributed by atoms with van der Waals surface area (Å²) in [5, 5.41) is 2.56. The van der Waals surface area contributed by atoms with E-state index in [-0.39, 0.29) is 0 Å². The third-order valence-electron chi connectivity index (χ3n) is 0.195. The molecule has 0 aliphatic carbocycles. The van der Waals surface area contributed by atoms with Crippen molar-refractivity contribution in [3.63, 3.8) is 0 Å². The van der Waals surface area contributed by atoms with Crippen molar-refractivity contribution in [1.29, 1.82) is 0 Å². The van der Waals surface area contributed by atoms with Crippen LogP contribution in [0.25, 0.3) is 10.4 Å². The number of nitrogens with zero attached hydrogens (tertiary/aromatic N) is 3. The third kappa shape index (κ3) is 5.31. The van der Waals surface area contributed by atoms with E-state index in [2.05, 4.69) is 10.0 Å². The second-order valence-electron chi connectivity index (χ2n) is 0.900. The molecule has 0 aliphatic heterocycles. The van der Waals surface area contributed by atoms with Gasteiger partial charge >= 0.3 is 0 Å². The van der Waals surface area contributed by atoms with Crippen molar-refractivity contribution in [2.45, 2.75) is 26.1 Å². The maximum atomic E-state index is 8.20. The van der Waals surface area contributed by atoms with Crippen LogP contribution in [0, 0.1) is 0 Å². The Hall–Kier alpha value is -0.690. The Morgan fingerprint density at radius 3 is 2.43 bits per heavy atom. The molecule has 0 aliphatic rings. The molecule has 3 nitrogen and oxygen atoms in total. The van der Waals surface area contributed by atoms with Crippen LogP contribution in [-0.2, 0) is 0 Å². The Morgan fingerprint density at radius 1 is 1.71 bits per heavy atom. The van der Waals surface area contributed by atoms with Crippen molar-refractivity contribution in [1.82, 2.24) is 0 Å². The maximum Gasteiger partial charge on any atom is 0.0403 e. The molecular formula is C4H9N3. The monoisotopic (exact) mass is 108 g/mol. The van der Waals surface area contributed by atoms with Crippen LogP contribution in [-0.4, -0.2) is 5.54 Å². The van der Waals surface area contributed by atoms with Crippen LogP contribution in [0.15, 0.2) is 5.11 Å². The predicted octanol–water partition coefficient (Wildman–Crippen LogP) is 2.10. The summed E-state index contributed by atoms with van der Waals surface area (Å²) in [6.07, 6.45) is 0.